The molecule has 8 bridgehead atoms. The van der Waals surface area contributed by atoms with E-state index in [-0.39, 0.29) is 39.0 Å². The first kappa shape index (κ1) is 26.0. The second-order valence-electron chi connectivity index (χ2n) is 5.91. The summed E-state index contributed by atoms with van der Waals surface area (Å²) < 4.78 is 0. The van der Waals surface area contributed by atoms with Crippen molar-refractivity contribution >= 4 is 46.4 Å². The van der Waals surface area contributed by atoms with Crippen LogP contribution >= 0.6 is 0 Å². The number of fused-ring (bicyclic) bond motifs is 8. The van der Waals surface area contributed by atoms with E-state index in [0.29, 0.717) is 0 Å². The minimum Gasteiger partial charge on any atom is -0.412 e. The topological polar surface area (TPSA) is 183 Å². The van der Waals surface area contributed by atoms with Gasteiger partial charge in [-0.25, -0.2) is 9.97 Å². The Bertz CT molecular complexity index is 1090. The Morgan fingerprint density at radius 1 is 0.448 bits per heavy atom. The summed E-state index contributed by atoms with van der Waals surface area (Å²) in [6.07, 6.45) is 8.05. The van der Waals surface area contributed by atoms with Gasteiger partial charge in [0.25, 0.3) is 0 Å². The summed E-state index contributed by atoms with van der Waals surface area (Å²) in [5, 5.41) is 0. The van der Waals surface area contributed by atoms with E-state index in [4.69, 9.17) is 0 Å². The Hall–Kier alpha value is -3.04. The number of aromatic amines is 2. The van der Waals surface area contributed by atoms with Gasteiger partial charge in [-0.1, -0.05) is 0 Å². The molecule has 0 aromatic carbocycles. The normalized spacial score (nSPS) is 10.5. The van der Waals surface area contributed by atoms with Gasteiger partial charge >= 0.3 is 0 Å². The van der Waals surface area contributed by atoms with Crippen LogP contribution in [-0.4, -0.2) is 41.8 Å². The minimum atomic E-state index is 0. The number of nitrogens with zero attached hydrogens (tertiary/aromatic N) is 2. The Kier molecular flexibility index (Phi) is 9.39. The second kappa shape index (κ2) is 10.5. The van der Waals surface area contributed by atoms with Crippen LogP contribution in [0, 0.1) is 0 Å². The summed E-state index contributed by atoms with van der Waals surface area (Å²) in [7, 11) is 0. The fraction of sp³-hybridized carbons (Fsp3) is 0. The maximum Gasteiger partial charge on any atom is 0.0659 e. The summed E-state index contributed by atoms with van der Waals surface area (Å²) in [6, 6.07) is 16.4. The molecule has 5 rings (SSSR count). The summed E-state index contributed by atoms with van der Waals surface area (Å²) in [4.78, 5) is 16.0. The maximum atomic E-state index is 4.62. The third kappa shape index (κ3) is 5.49. The maximum absolute atomic E-state index is 4.62. The van der Waals surface area contributed by atoms with Gasteiger partial charge in [-0.3, -0.25) is 0 Å². The first-order valence-electron chi connectivity index (χ1n) is 7.85. The fourth-order valence-corrected chi connectivity index (χ4v) is 2.94. The molecule has 10 N–H and O–H groups in total. The number of nitrogens with one attached hydrogen (secondary N) is 2. The van der Waals surface area contributed by atoms with Gasteiger partial charge in [0, 0.05) is 39.1 Å². The van der Waals surface area contributed by atoms with Gasteiger partial charge in [0.1, 0.15) is 0 Å². The van der Waals surface area contributed by atoms with Crippen LogP contribution in [-0.2, 0) is 17.1 Å². The van der Waals surface area contributed by atoms with Crippen LogP contribution in [0.1, 0.15) is 22.8 Å². The molecule has 0 atom stereocenters. The molecule has 1 radical (unpaired) electrons. The summed E-state index contributed by atoms with van der Waals surface area (Å²) in [6.45, 7) is 0. The average molecular weight is 446 g/mol. The molecule has 2 aliphatic heterocycles. The molecule has 0 unspecified atom stereocenters. The predicted octanol–water partition coefficient (Wildman–Crippen LogP) is 1.35. The zero-order valence-electron chi connectivity index (χ0n) is 15.1. The van der Waals surface area contributed by atoms with Crippen molar-refractivity contribution in [3.8, 4) is 0 Å². The van der Waals surface area contributed by atoms with Gasteiger partial charge in [-0.05, 0) is 72.8 Å². The molecule has 157 valence electrons. The van der Waals surface area contributed by atoms with Crippen molar-refractivity contribution in [2.75, 3.05) is 0 Å². The van der Waals surface area contributed by atoms with Crippen LogP contribution in [0.5, 0.6) is 0 Å². The molecule has 2 aliphatic rings. The van der Waals surface area contributed by atoms with E-state index in [1.54, 1.807) is 0 Å². The summed E-state index contributed by atoms with van der Waals surface area (Å²) in [5.74, 6) is 0. The van der Waals surface area contributed by atoms with E-state index < -0.39 is 0 Å². The van der Waals surface area contributed by atoms with Gasteiger partial charge in [-0.2, -0.15) is 0 Å². The number of H-pyrrole nitrogens is 2. The zero-order chi connectivity index (χ0) is 15.9. The van der Waals surface area contributed by atoms with Crippen LogP contribution in [0.2, 0.25) is 0 Å². The van der Waals surface area contributed by atoms with Gasteiger partial charge in [0.15, 0.2) is 0 Å². The van der Waals surface area contributed by atoms with Crippen molar-refractivity contribution in [1.82, 2.24) is 19.9 Å². The molecule has 0 saturated carbocycles. The van der Waals surface area contributed by atoms with Crippen LogP contribution < -0.4 is 0 Å². The van der Waals surface area contributed by atoms with E-state index in [9.17, 15) is 0 Å². The molecular weight excluding hydrogens is 424 g/mol. The number of hydrogen-bond donors (Lipinski definition) is 2. The van der Waals surface area contributed by atoms with E-state index in [1.165, 1.54) is 0 Å². The minimum absolute atomic E-state index is 0. The van der Waals surface area contributed by atoms with Crippen LogP contribution in [0.3, 0.4) is 0 Å². The van der Waals surface area contributed by atoms with Crippen molar-refractivity contribution in [3.05, 3.63) is 71.3 Å². The molecular formula is C20H22CuN4O4. The third-order valence-electron chi connectivity index (χ3n) is 4.04. The molecule has 3 aromatic heterocycles. The van der Waals surface area contributed by atoms with Crippen LogP contribution in [0.25, 0.3) is 46.4 Å². The first-order chi connectivity index (χ1) is 11.8. The Morgan fingerprint density at radius 2 is 0.759 bits per heavy atom. The molecule has 0 fully saturated rings. The van der Waals surface area contributed by atoms with Crippen LogP contribution in [0.4, 0.5) is 0 Å². The largest absolute Gasteiger partial charge is 0.412 e. The number of aromatic nitrogens is 4. The van der Waals surface area contributed by atoms with Crippen molar-refractivity contribution in [2.24, 2.45) is 0 Å². The zero-order valence-corrected chi connectivity index (χ0v) is 16.1. The van der Waals surface area contributed by atoms with Gasteiger partial charge < -0.3 is 31.9 Å². The molecule has 0 saturated heterocycles. The van der Waals surface area contributed by atoms with E-state index in [0.717, 1.165) is 44.8 Å². The fourth-order valence-electron chi connectivity index (χ4n) is 2.94. The predicted molar refractivity (Wildman–Crippen MR) is 113 cm³/mol. The SMILES string of the molecule is C1=Cc2cc3ccc(cc4ccc(cc5nc(cc1n2)C=C5)[nH]4)[nH]3.O.O.O.O.[Cu]. The quantitative estimate of drug-likeness (QED) is 0.341. The Morgan fingerprint density at radius 3 is 1.14 bits per heavy atom. The summed E-state index contributed by atoms with van der Waals surface area (Å²) in [5.41, 5.74) is 7.86. The van der Waals surface area contributed by atoms with Gasteiger partial charge in [0.2, 0.25) is 0 Å². The molecule has 9 heteroatoms. The molecule has 29 heavy (non-hydrogen) atoms. The first-order valence-corrected chi connectivity index (χ1v) is 7.85. The van der Waals surface area contributed by atoms with Crippen molar-refractivity contribution in [1.29, 1.82) is 0 Å². The van der Waals surface area contributed by atoms with Gasteiger partial charge in [0.05, 0.1) is 22.8 Å². The molecule has 0 aliphatic carbocycles. The smallest absolute Gasteiger partial charge is 0.0659 e. The molecule has 3 aromatic rings. The van der Waals surface area contributed by atoms with E-state index in [1.807, 2.05) is 42.5 Å². The Balaban J connectivity index is 0.00000157. The third-order valence-corrected chi connectivity index (χ3v) is 4.04. The standard InChI is InChI=1S/C20H14N4.Cu.4H2O/c1-2-14-10-16-5-6-18(23-16)12-20-8-7-19(24-20)11-17-4-3-15(22-17)9-13(1)21-14;;;;;/h1-12,21-22H;;4*1H2. The van der Waals surface area contributed by atoms with E-state index in [2.05, 4.69) is 50.3 Å². The second-order valence-corrected chi connectivity index (χ2v) is 5.91. The monoisotopic (exact) mass is 445 g/mol. The molecule has 0 spiro atoms. The van der Waals surface area contributed by atoms with Gasteiger partial charge in [-0.15, -0.1) is 0 Å². The van der Waals surface area contributed by atoms with Crippen LogP contribution in [0.15, 0.2) is 48.5 Å². The van der Waals surface area contributed by atoms with Crippen molar-refractivity contribution in [3.63, 3.8) is 0 Å². The van der Waals surface area contributed by atoms with Crippen molar-refractivity contribution < 1.29 is 39.0 Å². The summed E-state index contributed by atoms with van der Waals surface area (Å²) >= 11 is 0. The van der Waals surface area contributed by atoms with Crippen molar-refractivity contribution in [2.45, 2.75) is 0 Å². The average Bonchev–Trinajstić information content (AvgIpc) is 3.32. The molecule has 8 nitrogen and oxygen atoms in total. The molecule has 0 amide bonds. The number of rotatable bonds is 0. The Labute approximate surface area is 176 Å². The van der Waals surface area contributed by atoms with E-state index >= 15 is 0 Å². The molecule has 5 heterocycles. The number of hydrogen-bond acceptors (Lipinski definition) is 2.